The van der Waals surface area contributed by atoms with Crippen molar-refractivity contribution >= 4 is 5.97 Å². The maximum absolute atomic E-state index is 10.8. The van der Waals surface area contributed by atoms with Crippen LogP contribution < -0.4 is 9.47 Å². The van der Waals surface area contributed by atoms with Gasteiger partial charge in [-0.05, 0) is 83.1 Å². The highest BCUT2D eigenvalue weighted by molar-refractivity contribution is 5.71. The van der Waals surface area contributed by atoms with Crippen LogP contribution in [0.2, 0.25) is 0 Å². The summed E-state index contributed by atoms with van der Waals surface area (Å²) >= 11 is 0. The number of allylic oxidation sites excluding steroid dienone is 3. The Kier molecular flexibility index (Phi) is 7.11. The van der Waals surface area contributed by atoms with Gasteiger partial charge in [-0.2, -0.15) is 0 Å². The number of carboxylic acid groups (broad SMARTS) is 1. The van der Waals surface area contributed by atoms with E-state index in [4.69, 9.17) is 14.6 Å². The summed E-state index contributed by atoms with van der Waals surface area (Å²) in [6.45, 7) is 8.04. The molecule has 0 radical (unpaired) electrons. The Morgan fingerprint density at radius 1 is 1.44 bits per heavy atom. The lowest BCUT2D eigenvalue weighted by molar-refractivity contribution is -0.139. The van der Waals surface area contributed by atoms with Gasteiger partial charge < -0.3 is 14.6 Å². The largest absolute Gasteiger partial charge is 0.497 e. The van der Waals surface area contributed by atoms with E-state index in [1.54, 1.807) is 20.1 Å². The van der Waals surface area contributed by atoms with Crippen molar-refractivity contribution in [3.63, 3.8) is 0 Å². The van der Waals surface area contributed by atoms with E-state index in [9.17, 15) is 4.79 Å². The molecule has 0 aliphatic carbocycles. The van der Waals surface area contributed by atoms with Crippen molar-refractivity contribution in [2.45, 2.75) is 65.4 Å². The van der Waals surface area contributed by atoms with Crippen molar-refractivity contribution in [2.75, 3.05) is 7.11 Å². The zero-order valence-corrected chi connectivity index (χ0v) is 17.2. The lowest BCUT2D eigenvalue weighted by atomic mass is 9.87. The predicted octanol–water partition coefficient (Wildman–Crippen LogP) is 5.48. The van der Waals surface area contributed by atoms with Gasteiger partial charge in [0.1, 0.15) is 17.1 Å². The van der Waals surface area contributed by atoms with Crippen LogP contribution in [0.1, 0.15) is 57.6 Å². The Bertz CT molecular complexity index is 732. The summed E-state index contributed by atoms with van der Waals surface area (Å²) in [6.07, 6.45) is 10.6. The van der Waals surface area contributed by atoms with Crippen LogP contribution in [0.5, 0.6) is 11.5 Å². The van der Waals surface area contributed by atoms with Crippen molar-refractivity contribution in [1.82, 2.24) is 0 Å². The molecule has 1 aliphatic heterocycles. The van der Waals surface area contributed by atoms with E-state index in [1.165, 1.54) is 11.1 Å². The first-order chi connectivity index (χ1) is 12.7. The number of hydrogen-bond donors (Lipinski definition) is 1. The highest BCUT2D eigenvalue weighted by atomic mass is 16.5. The summed E-state index contributed by atoms with van der Waals surface area (Å²) in [5.41, 5.74) is 3.45. The van der Waals surface area contributed by atoms with Gasteiger partial charge in [-0.1, -0.05) is 23.8 Å². The number of fused-ring (bicyclic) bond motifs is 1. The molecule has 0 amide bonds. The average Bonchev–Trinajstić information content (AvgIpc) is 2.62. The minimum Gasteiger partial charge on any atom is -0.497 e. The maximum atomic E-state index is 10.8. The molecule has 1 aromatic carbocycles. The van der Waals surface area contributed by atoms with Crippen LogP contribution in [-0.4, -0.2) is 23.8 Å². The van der Waals surface area contributed by atoms with E-state index >= 15 is 0 Å². The summed E-state index contributed by atoms with van der Waals surface area (Å²) in [5.74, 6) is 0.677. The molecule has 0 saturated carbocycles. The van der Waals surface area contributed by atoms with Gasteiger partial charge in [-0.3, -0.25) is 4.79 Å². The van der Waals surface area contributed by atoms with Gasteiger partial charge >= 0.3 is 5.97 Å². The summed E-state index contributed by atoms with van der Waals surface area (Å²) in [5, 5.41) is 8.89. The molecule has 0 saturated heterocycles. The molecule has 1 aromatic rings. The lowest BCUT2D eigenvalue weighted by Gasteiger charge is -2.37. The number of rotatable bonds is 8. The smallest absolute Gasteiger partial charge is 0.310 e. The van der Waals surface area contributed by atoms with Crippen molar-refractivity contribution < 1.29 is 19.4 Å². The van der Waals surface area contributed by atoms with Crippen LogP contribution in [0.25, 0.3) is 0 Å². The molecular formula is C23H32O4. The second kappa shape index (κ2) is 9.12. The van der Waals surface area contributed by atoms with Crippen LogP contribution in [-0.2, 0) is 11.2 Å². The quantitative estimate of drug-likeness (QED) is 0.614. The van der Waals surface area contributed by atoms with Crippen LogP contribution in [0.15, 0.2) is 35.9 Å². The number of benzene rings is 1. The number of ether oxygens (including phenoxy) is 2. The summed E-state index contributed by atoms with van der Waals surface area (Å²) in [7, 11) is 1.70. The third kappa shape index (κ3) is 5.88. The van der Waals surface area contributed by atoms with Crippen LogP contribution >= 0.6 is 0 Å². The first-order valence-electron chi connectivity index (χ1n) is 9.66. The van der Waals surface area contributed by atoms with E-state index in [2.05, 4.69) is 32.9 Å². The number of carbonyl (C=O) groups is 1. The molecule has 2 rings (SSSR count). The van der Waals surface area contributed by atoms with Gasteiger partial charge in [0, 0.05) is 0 Å². The van der Waals surface area contributed by atoms with Gasteiger partial charge in [-0.15, -0.1) is 0 Å². The molecule has 4 heteroatoms. The van der Waals surface area contributed by atoms with E-state index in [0.717, 1.165) is 49.2 Å². The fourth-order valence-electron chi connectivity index (χ4n) is 3.38. The van der Waals surface area contributed by atoms with E-state index < -0.39 is 11.9 Å². The van der Waals surface area contributed by atoms with Gasteiger partial charge in [0.15, 0.2) is 0 Å². The summed E-state index contributed by atoms with van der Waals surface area (Å²) in [6, 6.07) is 4.11. The summed E-state index contributed by atoms with van der Waals surface area (Å²) < 4.78 is 11.8. The fraction of sp³-hybridized carbons (Fsp3) is 0.522. The van der Waals surface area contributed by atoms with E-state index in [-0.39, 0.29) is 5.60 Å². The molecule has 0 aromatic heterocycles. The van der Waals surface area contributed by atoms with Gasteiger partial charge in [-0.25, -0.2) is 0 Å². The Morgan fingerprint density at radius 3 is 2.85 bits per heavy atom. The molecule has 27 heavy (non-hydrogen) atoms. The average molecular weight is 373 g/mol. The fourth-order valence-corrected chi connectivity index (χ4v) is 3.38. The van der Waals surface area contributed by atoms with Crippen LogP contribution in [0.3, 0.4) is 0 Å². The minimum absolute atomic E-state index is 0.156. The van der Waals surface area contributed by atoms with Crippen molar-refractivity contribution in [3.05, 3.63) is 47.1 Å². The topological polar surface area (TPSA) is 55.8 Å². The first-order valence-corrected chi connectivity index (χ1v) is 9.66. The SMILES string of the molecule is COc1cc(C)c2c(c1)CC[C@@](C)(CC/C=C(\C)C/C=C\[C@@H](C)C(=O)O)O2. The number of aryl methyl sites for hydroxylation is 2. The molecule has 1 aliphatic rings. The number of methoxy groups -OCH3 is 1. The highest BCUT2D eigenvalue weighted by Crippen LogP contribution is 2.40. The molecule has 0 bridgehead atoms. The Hall–Kier alpha value is -2.23. The minimum atomic E-state index is -0.788. The lowest BCUT2D eigenvalue weighted by Crippen LogP contribution is -2.36. The number of carboxylic acids is 1. The van der Waals surface area contributed by atoms with E-state index in [1.807, 2.05) is 12.1 Å². The maximum Gasteiger partial charge on any atom is 0.310 e. The first kappa shape index (κ1) is 21.1. The third-order valence-corrected chi connectivity index (χ3v) is 5.25. The van der Waals surface area contributed by atoms with Crippen LogP contribution in [0.4, 0.5) is 0 Å². The summed E-state index contributed by atoms with van der Waals surface area (Å²) in [4.78, 5) is 10.8. The standard InChI is InChI=1S/C23H32O4/c1-16(8-6-10-17(2)22(24)25)9-7-12-23(4)13-11-19-15-20(26-5)14-18(3)21(19)27-23/h6,9-10,14-15,17H,7-8,11-13H2,1-5H3,(H,24,25)/b10-6-,16-9+/t17-,23-/m1/s1. The zero-order valence-electron chi connectivity index (χ0n) is 17.2. The monoisotopic (exact) mass is 372 g/mol. The Labute approximate surface area is 162 Å². The normalized spacial score (nSPS) is 20.9. The van der Waals surface area contributed by atoms with Crippen molar-refractivity contribution in [1.29, 1.82) is 0 Å². The van der Waals surface area contributed by atoms with Crippen LogP contribution in [0, 0.1) is 12.8 Å². The molecule has 0 fully saturated rings. The molecule has 1 N–H and O–H groups in total. The number of hydrogen-bond acceptors (Lipinski definition) is 3. The van der Waals surface area contributed by atoms with Crippen molar-refractivity contribution in [3.8, 4) is 11.5 Å². The molecule has 4 nitrogen and oxygen atoms in total. The Morgan fingerprint density at radius 2 is 2.19 bits per heavy atom. The van der Waals surface area contributed by atoms with Gasteiger partial charge in [0.05, 0.1) is 13.0 Å². The number of aliphatic carboxylic acids is 1. The van der Waals surface area contributed by atoms with Gasteiger partial charge in [0.25, 0.3) is 0 Å². The molecule has 148 valence electrons. The molecular weight excluding hydrogens is 340 g/mol. The third-order valence-electron chi connectivity index (χ3n) is 5.25. The second-order valence-electron chi connectivity index (χ2n) is 7.83. The van der Waals surface area contributed by atoms with Crippen molar-refractivity contribution in [2.24, 2.45) is 5.92 Å². The van der Waals surface area contributed by atoms with E-state index in [0.29, 0.717) is 0 Å². The molecule has 1 heterocycles. The predicted molar refractivity (Wildman–Crippen MR) is 109 cm³/mol. The molecule has 0 spiro atoms. The zero-order chi connectivity index (χ0) is 20.0. The highest BCUT2D eigenvalue weighted by Gasteiger charge is 2.32. The molecule has 2 atom stereocenters. The second-order valence-corrected chi connectivity index (χ2v) is 7.83. The Balaban J connectivity index is 1.91. The molecule has 0 unspecified atom stereocenters. The van der Waals surface area contributed by atoms with Gasteiger partial charge in [0.2, 0.25) is 0 Å².